The molecule has 3 aromatic heterocycles. The third-order valence-electron chi connectivity index (χ3n) is 8.46. The van der Waals surface area contributed by atoms with Gasteiger partial charge >= 0.3 is 0 Å². The smallest absolute Gasteiger partial charge is 0.238 e. The molecule has 1 atom stereocenters. The molecular weight excluding hydrogens is 502 g/mol. The van der Waals surface area contributed by atoms with Crippen LogP contribution in [0.2, 0.25) is 0 Å². The summed E-state index contributed by atoms with van der Waals surface area (Å²) in [4.78, 5) is 32.4. The minimum Gasteiger partial charge on any atom is -0.338 e. The molecule has 2 aliphatic heterocycles. The number of aromatic nitrogens is 5. The summed E-state index contributed by atoms with van der Waals surface area (Å²) >= 11 is 0. The molecule has 1 saturated carbocycles. The number of nitriles is 1. The Balaban J connectivity index is 1.20. The molecule has 0 spiro atoms. The average molecular weight is 534 g/mol. The van der Waals surface area contributed by atoms with Gasteiger partial charge in [-0.15, -0.1) is 0 Å². The van der Waals surface area contributed by atoms with E-state index < -0.39 is 5.92 Å². The van der Waals surface area contributed by atoms with E-state index in [1.165, 1.54) is 12.8 Å². The number of piperazine rings is 1. The lowest BCUT2D eigenvalue weighted by molar-refractivity contribution is -0.116. The molecule has 0 radical (unpaired) electrons. The lowest BCUT2D eigenvalue weighted by Crippen LogP contribution is -2.47. The zero-order chi connectivity index (χ0) is 27.1. The number of nitrogens with zero attached hydrogens (tertiary/aromatic N) is 8. The molecule has 4 aromatic rings. The first-order chi connectivity index (χ1) is 19.7. The summed E-state index contributed by atoms with van der Waals surface area (Å²) in [7, 11) is 0. The molecule has 0 bridgehead atoms. The molecule has 5 heterocycles. The van der Waals surface area contributed by atoms with Crippen molar-refractivity contribution in [3.05, 3.63) is 71.3 Å². The highest BCUT2D eigenvalue weighted by molar-refractivity contribution is 6.06. The second-order valence-electron chi connectivity index (χ2n) is 10.9. The number of hydrogen-bond donors (Lipinski definition) is 1. The van der Waals surface area contributed by atoms with E-state index in [-0.39, 0.29) is 5.91 Å². The molecular formula is C30H31N9O. The van der Waals surface area contributed by atoms with Crippen molar-refractivity contribution in [2.45, 2.75) is 44.1 Å². The van der Waals surface area contributed by atoms with E-state index in [2.05, 4.69) is 32.2 Å². The first-order valence-corrected chi connectivity index (χ1v) is 14.2. The summed E-state index contributed by atoms with van der Waals surface area (Å²) < 4.78 is 2.04. The van der Waals surface area contributed by atoms with Crippen molar-refractivity contribution < 1.29 is 4.79 Å². The van der Waals surface area contributed by atoms with E-state index in [1.807, 2.05) is 29.2 Å². The van der Waals surface area contributed by atoms with Gasteiger partial charge in [-0.1, -0.05) is 18.9 Å². The van der Waals surface area contributed by atoms with Gasteiger partial charge in [0.1, 0.15) is 5.92 Å². The van der Waals surface area contributed by atoms with Crippen LogP contribution in [0.15, 0.2) is 48.8 Å². The van der Waals surface area contributed by atoms with Gasteiger partial charge in [0.25, 0.3) is 0 Å². The molecule has 1 amide bonds. The Hall–Kier alpha value is -4.36. The Morgan fingerprint density at radius 3 is 2.67 bits per heavy atom. The SMILES string of the molecule is N#Cc1ccc2c(c1)C(c1nc(N3CCN(CCc4ccccn4)CC3)nc3nn(C4CCCC4)cc13)C(=O)N2. The molecule has 1 aliphatic carbocycles. The molecule has 1 unspecified atom stereocenters. The van der Waals surface area contributed by atoms with Crippen LogP contribution < -0.4 is 10.2 Å². The number of benzene rings is 1. The monoisotopic (exact) mass is 533 g/mol. The number of anilines is 2. The van der Waals surface area contributed by atoms with Gasteiger partial charge in [0, 0.05) is 62.9 Å². The van der Waals surface area contributed by atoms with Crippen LogP contribution in [0, 0.1) is 11.3 Å². The van der Waals surface area contributed by atoms with Crippen LogP contribution in [0.5, 0.6) is 0 Å². The third-order valence-corrected chi connectivity index (χ3v) is 8.46. The van der Waals surface area contributed by atoms with Gasteiger partial charge in [-0.05, 0) is 48.7 Å². The summed E-state index contributed by atoms with van der Waals surface area (Å²) in [6.07, 6.45) is 9.39. The van der Waals surface area contributed by atoms with Crippen LogP contribution in [0.1, 0.15) is 60.2 Å². The highest BCUT2D eigenvalue weighted by atomic mass is 16.2. The third kappa shape index (κ3) is 4.56. The second kappa shape index (κ2) is 10.3. The van der Waals surface area contributed by atoms with Gasteiger partial charge in [0.05, 0.1) is 28.8 Å². The summed E-state index contributed by atoms with van der Waals surface area (Å²) in [5, 5.41) is 18.2. The number of rotatable bonds is 6. The Labute approximate surface area is 232 Å². The summed E-state index contributed by atoms with van der Waals surface area (Å²) in [5.74, 6) is -0.140. The van der Waals surface area contributed by atoms with E-state index in [9.17, 15) is 10.1 Å². The quantitative estimate of drug-likeness (QED) is 0.399. The zero-order valence-electron chi connectivity index (χ0n) is 22.3. The molecule has 1 N–H and O–H groups in total. The van der Waals surface area contributed by atoms with Crippen molar-refractivity contribution in [3.8, 4) is 6.07 Å². The van der Waals surface area contributed by atoms with Crippen LogP contribution in [0.25, 0.3) is 11.0 Å². The molecule has 7 rings (SSSR count). The largest absolute Gasteiger partial charge is 0.338 e. The van der Waals surface area contributed by atoms with E-state index in [1.54, 1.807) is 18.2 Å². The van der Waals surface area contributed by atoms with Crippen LogP contribution >= 0.6 is 0 Å². The molecule has 1 aromatic carbocycles. The molecule has 10 nitrogen and oxygen atoms in total. The van der Waals surface area contributed by atoms with Gasteiger partial charge in [0.15, 0.2) is 5.65 Å². The molecule has 1 saturated heterocycles. The minimum atomic E-state index is -0.617. The van der Waals surface area contributed by atoms with E-state index in [0.29, 0.717) is 28.9 Å². The Morgan fingerprint density at radius 2 is 1.90 bits per heavy atom. The number of nitrogens with one attached hydrogen (secondary N) is 1. The minimum absolute atomic E-state index is 0.135. The van der Waals surface area contributed by atoms with Gasteiger partial charge in [-0.25, -0.2) is 4.98 Å². The molecule has 10 heteroatoms. The van der Waals surface area contributed by atoms with Gasteiger partial charge < -0.3 is 10.2 Å². The summed E-state index contributed by atoms with van der Waals surface area (Å²) in [6, 6.07) is 13.9. The number of pyridine rings is 1. The van der Waals surface area contributed by atoms with Crippen LogP contribution in [0.4, 0.5) is 11.6 Å². The standard InChI is InChI=1S/C30H31N9O/c31-18-20-8-9-25-23(17-20)26(29(40)33-25)27-24-19-39(22-6-1-2-7-22)36-28(24)35-30(34-27)38-15-13-37(14-16-38)12-10-21-5-3-4-11-32-21/h3-5,8-9,11,17,19,22,26H,1-2,6-7,10,12-16H2,(H,33,40). The number of fused-ring (bicyclic) bond motifs is 2. The predicted molar refractivity (Wildman–Crippen MR) is 151 cm³/mol. The fourth-order valence-electron chi connectivity index (χ4n) is 6.24. The van der Waals surface area contributed by atoms with Gasteiger partial charge in [0.2, 0.25) is 11.9 Å². The fourth-order valence-corrected chi connectivity index (χ4v) is 6.24. The van der Waals surface area contributed by atoms with E-state index >= 15 is 0 Å². The predicted octanol–water partition coefficient (Wildman–Crippen LogP) is 3.66. The number of carbonyl (C=O) groups is 1. The number of hydrogen-bond acceptors (Lipinski definition) is 8. The van der Waals surface area contributed by atoms with Crippen molar-refractivity contribution in [3.63, 3.8) is 0 Å². The summed E-state index contributed by atoms with van der Waals surface area (Å²) in [5.41, 5.74) is 4.43. The molecule has 2 fully saturated rings. The molecule has 40 heavy (non-hydrogen) atoms. The first-order valence-electron chi connectivity index (χ1n) is 14.2. The number of amides is 1. The Bertz CT molecular complexity index is 1590. The Morgan fingerprint density at radius 1 is 1.05 bits per heavy atom. The van der Waals surface area contributed by atoms with Crippen molar-refractivity contribution in [2.24, 2.45) is 0 Å². The fraction of sp³-hybridized carbons (Fsp3) is 0.400. The lowest BCUT2D eigenvalue weighted by atomic mass is 9.94. The molecule has 202 valence electrons. The van der Waals surface area contributed by atoms with Crippen LogP contribution in [0.3, 0.4) is 0 Å². The zero-order valence-corrected chi connectivity index (χ0v) is 22.3. The van der Waals surface area contributed by atoms with E-state index in [0.717, 1.165) is 74.3 Å². The average Bonchev–Trinajstić information content (AvgIpc) is 3.74. The van der Waals surface area contributed by atoms with Crippen LogP contribution in [-0.2, 0) is 11.2 Å². The highest BCUT2D eigenvalue weighted by Crippen LogP contribution is 2.40. The van der Waals surface area contributed by atoms with Crippen molar-refractivity contribution in [1.29, 1.82) is 5.26 Å². The second-order valence-corrected chi connectivity index (χ2v) is 10.9. The number of carbonyl (C=O) groups excluding carboxylic acids is 1. The highest BCUT2D eigenvalue weighted by Gasteiger charge is 2.36. The lowest BCUT2D eigenvalue weighted by Gasteiger charge is -2.34. The Kier molecular flexibility index (Phi) is 6.36. The topological polar surface area (TPSA) is 116 Å². The van der Waals surface area contributed by atoms with Gasteiger partial charge in [-0.3, -0.25) is 19.4 Å². The van der Waals surface area contributed by atoms with Crippen molar-refractivity contribution in [2.75, 3.05) is 42.9 Å². The van der Waals surface area contributed by atoms with Crippen molar-refractivity contribution >= 4 is 28.6 Å². The molecule has 3 aliphatic rings. The maximum Gasteiger partial charge on any atom is 0.238 e. The normalized spacial score (nSPS) is 19.6. The van der Waals surface area contributed by atoms with Crippen LogP contribution in [-0.4, -0.2) is 68.3 Å². The maximum atomic E-state index is 13.4. The maximum absolute atomic E-state index is 13.4. The van der Waals surface area contributed by atoms with E-state index in [4.69, 9.17) is 15.1 Å². The van der Waals surface area contributed by atoms with Crippen molar-refractivity contribution in [1.82, 2.24) is 29.6 Å². The van der Waals surface area contributed by atoms with Gasteiger partial charge in [-0.2, -0.15) is 15.3 Å². The first kappa shape index (κ1) is 24.7. The summed E-state index contributed by atoms with van der Waals surface area (Å²) in [6.45, 7) is 4.35.